The Kier molecular flexibility index (Phi) is 4.42. The fourth-order valence-corrected chi connectivity index (χ4v) is 2.61. The number of nitrogens with one attached hydrogen (secondary N) is 1. The molecule has 106 valence electrons. The van der Waals surface area contributed by atoms with Crippen LogP contribution in [0.1, 0.15) is 45.6 Å². The van der Waals surface area contributed by atoms with E-state index in [1.807, 2.05) is 12.1 Å². The summed E-state index contributed by atoms with van der Waals surface area (Å²) >= 11 is 6.40. The Bertz CT molecular complexity index is 433. The van der Waals surface area contributed by atoms with Crippen molar-refractivity contribution in [1.29, 1.82) is 0 Å². The van der Waals surface area contributed by atoms with Gasteiger partial charge >= 0.3 is 0 Å². The Morgan fingerprint density at radius 2 is 2.00 bits per heavy atom. The third-order valence-corrected chi connectivity index (χ3v) is 4.25. The third-order valence-electron chi connectivity index (χ3n) is 3.89. The predicted molar refractivity (Wildman–Crippen MR) is 84.1 cm³/mol. The molecule has 1 saturated carbocycles. The Balaban J connectivity index is 2.19. The molecule has 3 heteroatoms. The van der Waals surface area contributed by atoms with Crippen molar-refractivity contribution < 1.29 is 0 Å². The van der Waals surface area contributed by atoms with Gasteiger partial charge < -0.3 is 10.2 Å². The standard InChI is InChI=1S/C16H25ClN2/c1-16(2,3)18-11-13-14(17)9-6-10-15(13)19(4)12-7-5-8-12/h6,9-10,12,18H,5,7-8,11H2,1-4H3. The fourth-order valence-electron chi connectivity index (χ4n) is 2.38. The van der Waals surface area contributed by atoms with E-state index in [4.69, 9.17) is 11.6 Å². The lowest BCUT2D eigenvalue weighted by Gasteiger charge is -2.38. The van der Waals surface area contributed by atoms with Crippen molar-refractivity contribution in [1.82, 2.24) is 5.32 Å². The molecule has 1 fully saturated rings. The smallest absolute Gasteiger partial charge is 0.0471 e. The second kappa shape index (κ2) is 5.72. The minimum absolute atomic E-state index is 0.103. The van der Waals surface area contributed by atoms with Crippen LogP contribution in [0.5, 0.6) is 0 Å². The third kappa shape index (κ3) is 3.64. The molecule has 2 nitrogen and oxygen atoms in total. The normalized spacial score (nSPS) is 16.3. The van der Waals surface area contributed by atoms with Crippen molar-refractivity contribution in [3.8, 4) is 0 Å². The first-order chi connectivity index (χ1) is 8.88. The van der Waals surface area contributed by atoms with Crippen LogP contribution in [0.25, 0.3) is 0 Å². The maximum absolute atomic E-state index is 6.40. The van der Waals surface area contributed by atoms with E-state index in [0.717, 1.165) is 11.6 Å². The quantitative estimate of drug-likeness (QED) is 0.888. The first-order valence-corrected chi connectivity index (χ1v) is 7.51. The molecule has 0 bridgehead atoms. The SMILES string of the molecule is CN(c1cccc(Cl)c1CNC(C)(C)C)C1CCC1. The summed E-state index contributed by atoms with van der Waals surface area (Å²) in [4.78, 5) is 2.40. The van der Waals surface area contributed by atoms with Gasteiger partial charge in [-0.1, -0.05) is 17.7 Å². The molecule has 0 aliphatic heterocycles. The fraction of sp³-hybridized carbons (Fsp3) is 0.625. The number of anilines is 1. The molecule has 0 spiro atoms. The molecule has 0 amide bonds. The Hall–Kier alpha value is -0.730. The zero-order valence-electron chi connectivity index (χ0n) is 12.5. The highest BCUT2D eigenvalue weighted by atomic mass is 35.5. The molecule has 0 unspecified atom stereocenters. The highest BCUT2D eigenvalue weighted by Gasteiger charge is 2.24. The number of hydrogen-bond acceptors (Lipinski definition) is 2. The van der Waals surface area contributed by atoms with Gasteiger partial charge in [0.25, 0.3) is 0 Å². The molecule has 2 rings (SSSR count). The van der Waals surface area contributed by atoms with Gasteiger partial charge in [0.05, 0.1) is 0 Å². The summed E-state index contributed by atoms with van der Waals surface area (Å²) in [5, 5.41) is 4.40. The lowest BCUT2D eigenvalue weighted by molar-refractivity contribution is 0.398. The van der Waals surface area contributed by atoms with Gasteiger partial charge in [0.15, 0.2) is 0 Å². The van der Waals surface area contributed by atoms with Gasteiger partial charge in [0.2, 0.25) is 0 Å². The monoisotopic (exact) mass is 280 g/mol. The van der Waals surface area contributed by atoms with Gasteiger partial charge in [-0.15, -0.1) is 0 Å². The average molecular weight is 281 g/mol. The number of halogens is 1. The Morgan fingerprint density at radius 3 is 2.53 bits per heavy atom. The maximum atomic E-state index is 6.40. The first kappa shape index (κ1) is 14.7. The first-order valence-electron chi connectivity index (χ1n) is 7.14. The molecule has 0 saturated heterocycles. The molecular formula is C16H25ClN2. The van der Waals surface area contributed by atoms with Gasteiger partial charge in [-0.25, -0.2) is 0 Å². The molecule has 0 atom stereocenters. The Morgan fingerprint density at radius 1 is 1.32 bits per heavy atom. The molecule has 19 heavy (non-hydrogen) atoms. The minimum atomic E-state index is 0.103. The second-order valence-corrected chi connectivity index (χ2v) is 6.94. The van der Waals surface area contributed by atoms with E-state index in [9.17, 15) is 0 Å². The summed E-state index contributed by atoms with van der Waals surface area (Å²) in [6, 6.07) is 6.91. The van der Waals surface area contributed by atoms with E-state index in [0.29, 0.717) is 6.04 Å². The van der Waals surface area contributed by atoms with Crippen molar-refractivity contribution in [2.75, 3.05) is 11.9 Å². The van der Waals surface area contributed by atoms with E-state index in [1.165, 1.54) is 30.5 Å². The largest absolute Gasteiger partial charge is 0.371 e. The van der Waals surface area contributed by atoms with Crippen LogP contribution in [0.4, 0.5) is 5.69 Å². The number of rotatable bonds is 4. The summed E-state index contributed by atoms with van der Waals surface area (Å²) in [6.45, 7) is 7.35. The van der Waals surface area contributed by atoms with Crippen LogP contribution in [0.2, 0.25) is 5.02 Å². The van der Waals surface area contributed by atoms with Crippen molar-refractivity contribution in [3.63, 3.8) is 0 Å². The van der Waals surface area contributed by atoms with Gasteiger partial charge in [-0.3, -0.25) is 0 Å². The lowest BCUT2D eigenvalue weighted by atomic mass is 9.91. The van der Waals surface area contributed by atoms with Crippen LogP contribution in [-0.2, 0) is 6.54 Å². The van der Waals surface area contributed by atoms with Crippen molar-refractivity contribution in [3.05, 3.63) is 28.8 Å². The summed E-state index contributed by atoms with van der Waals surface area (Å²) in [5.41, 5.74) is 2.59. The average Bonchev–Trinajstić information content (AvgIpc) is 2.23. The molecule has 1 aliphatic carbocycles. The van der Waals surface area contributed by atoms with E-state index in [2.05, 4.69) is 44.1 Å². The van der Waals surface area contributed by atoms with Gasteiger partial charge in [0, 0.05) is 41.4 Å². The molecular weight excluding hydrogens is 256 g/mol. The summed E-state index contributed by atoms with van der Waals surface area (Å²) < 4.78 is 0. The summed E-state index contributed by atoms with van der Waals surface area (Å²) in [5.74, 6) is 0. The molecule has 0 radical (unpaired) electrons. The maximum Gasteiger partial charge on any atom is 0.0471 e. The van der Waals surface area contributed by atoms with E-state index in [-0.39, 0.29) is 5.54 Å². The van der Waals surface area contributed by atoms with Crippen LogP contribution in [0, 0.1) is 0 Å². The van der Waals surface area contributed by atoms with E-state index >= 15 is 0 Å². The molecule has 0 heterocycles. The molecule has 1 aliphatic rings. The van der Waals surface area contributed by atoms with Gasteiger partial charge in [-0.2, -0.15) is 0 Å². The van der Waals surface area contributed by atoms with Gasteiger partial charge in [-0.05, 0) is 52.2 Å². The number of hydrogen-bond donors (Lipinski definition) is 1. The molecule has 1 aromatic carbocycles. The predicted octanol–water partition coefficient (Wildman–Crippen LogP) is 4.22. The number of nitrogens with zero attached hydrogens (tertiary/aromatic N) is 1. The van der Waals surface area contributed by atoms with E-state index in [1.54, 1.807) is 0 Å². The van der Waals surface area contributed by atoms with E-state index < -0.39 is 0 Å². The molecule has 0 aromatic heterocycles. The zero-order valence-corrected chi connectivity index (χ0v) is 13.2. The summed E-state index contributed by atoms with van der Waals surface area (Å²) in [6.07, 6.45) is 3.95. The highest BCUT2D eigenvalue weighted by molar-refractivity contribution is 6.31. The second-order valence-electron chi connectivity index (χ2n) is 6.54. The minimum Gasteiger partial charge on any atom is -0.371 e. The van der Waals surface area contributed by atoms with Crippen LogP contribution in [0.15, 0.2) is 18.2 Å². The highest BCUT2D eigenvalue weighted by Crippen LogP contribution is 2.33. The van der Waals surface area contributed by atoms with Gasteiger partial charge in [0.1, 0.15) is 0 Å². The van der Waals surface area contributed by atoms with Crippen LogP contribution < -0.4 is 10.2 Å². The topological polar surface area (TPSA) is 15.3 Å². The molecule has 1 aromatic rings. The Labute approximate surface area is 122 Å². The summed E-state index contributed by atoms with van der Waals surface area (Å²) in [7, 11) is 2.19. The lowest BCUT2D eigenvalue weighted by Crippen LogP contribution is -2.39. The molecule has 1 N–H and O–H groups in total. The zero-order chi connectivity index (χ0) is 14.0. The van der Waals surface area contributed by atoms with Crippen molar-refractivity contribution in [2.24, 2.45) is 0 Å². The van der Waals surface area contributed by atoms with Crippen LogP contribution in [-0.4, -0.2) is 18.6 Å². The van der Waals surface area contributed by atoms with Crippen molar-refractivity contribution in [2.45, 2.75) is 58.2 Å². The van der Waals surface area contributed by atoms with Crippen LogP contribution in [0.3, 0.4) is 0 Å². The van der Waals surface area contributed by atoms with Crippen molar-refractivity contribution >= 4 is 17.3 Å². The van der Waals surface area contributed by atoms with Crippen LogP contribution >= 0.6 is 11.6 Å². The number of benzene rings is 1.